The fraction of sp³-hybridized carbons (Fsp3) is 0.318. The van der Waals surface area contributed by atoms with Crippen LogP contribution in [-0.2, 0) is 11.3 Å². The minimum absolute atomic E-state index is 0.0842. The topological polar surface area (TPSA) is 66.5 Å². The molecule has 0 unspecified atom stereocenters. The number of benzene rings is 2. The largest absolute Gasteiger partial charge is 0.493 e. The van der Waals surface area contributed by atoms with Gasteiger partial charge in [-0.1, -0.05) is 6.07 Å². The molecule has 0 aliphatic carbocycles. The molecule has 0 spiro atoms. The van der Waals surface area contributed by atoms with Crippen molar-refractivity contribution in [2.75, 3.05) is 33.7 Å². The first-order chi connectivity index (χ1) is 14.2. The number of nitrogens with zero attached hydrogens (tertiary/aromatic N) is 1. The van der Waals surface area contributed by atoms with Gasteiger partial charge in [-0.15, -0.1) is 0 Å². The van der Waals surface area contributed by atoms with Gasteiger partial charge < -0.3 is 28.6 Å². The molecule has 0 N–H and O–H groups in total. The Hall–Kier alpha value is -3.35. The van der Waals surface area contributed by atoms with E-state index < -0.39 is 0 Å². The van der Waals surface area contributed by atoms with Gasteiger partial charge >= 0.3 is 0 Å². The smallest absolute Gasteiger partial charge is 0.246 e. The molecule has 0 aromatic heterocycles. The van der Waals surface area contributed by atoms with Crippen LogP contribution < -0.4 is 23.7 Å². The van der Waals surface area contributed by atoms with E-state index in [2.05, 4.69) is 0 Å². The van der Waals surface area contributed by atoms with Crippen LogP contribution in [0.1, 0.15) is 18.1 Å². The van der Waals surface area contributed by atoms with Crippen LogP contribution in [0, 0.1) is 0 Å². The molecule has 2 aliphatic rings. The zero-order valence-corrected chi connectivity index (χ0v) is 16.5. The van der Waals surface area contributed by atoms with Gasteiger partial charge in [0.05, 0.1) is 7.11 Å². The van der Waals surface area contributed by atoms with E-state index >= 15 is 0 Å². The highest BCUT2D eigenvalue weighted by molar-refractivity contribution is 5.92. The molecule has 1 amide bonds. The molecule has 2 aromatic carbocycles. The number of rotatable bonds is 6. The number of carbonyl (C=O) groups is 1. The van der Waals surface area contributed by atoms with Crippen LogP contribution >= 0.6 is 0 Å². The Morgan fingerprint density at radius 3 is 2.72 bits per heavy atom. The van der Waals surface area contributed by atoms with Crippen molar-refractivity contribution in [1.82, 2.24) is 4.90 Å². The van der Waals surface area contributed by atoms with E-state index in [1.807, 2.05) is 37.3 Å². The van der Waals surface area contributed by atoms with Crippen molar-refractivity contribution in [2.24, 2.45) is 0 Å². The van der Waals surface area contributed by atoms with Gasteiger partial charge in [0.25, 0.3) is 0 Å². The quantitative estimate of drug-likeness (QED) is 0.697. The molecule has 0 fully saturated rings. The van der Waals surface area contributed by atoms with Crippen LogP contribution in [0.3, 0.4) is 0 Å². The summed E-state index contributed by atoms with van der Waals surface area (Å²) in [5.74, 6) is 3.16. The molecular weight excluding hydrogens is 374 g/mol. The SMILES string of the molecule is CCN(Cc1ccc2c(c1)OCO2)C(=O)/C=C/c1cc(OC)c2c(c1)OCCO2. The predicted octanol–water partition coefficient (Wildman–Crippen LogP) is 3.26. The first-order valence-electron chi connectivity index (χ1n) is 9.51. The summed E-state index contributed by atoms with van der Waals surface area (Å²) >= 11 is 0. The van der Waals surface area contributed by atoms with Gasteiger partial charge in [0, 0.05) is 19.2 Å². The normalized spacial score (nSPS) is 14.1. The number of fused-ring (bicyclic) bond motifs is 2. The number of amides is 1. The molecule has 0 saturated carbocycles. The molecule has 0 atom stereocenters. The summed E-state index contributed by atoms with van der Waals surface area (Å²) < 4.78 is 27.4. The summed E-state index contributed by atoms with van der Waals surface area (Å²) in [5.41, 5.74) is 1.79. The number of hydrogen-bond acceptors (Lipinski definition) is 6. The zero-order valence-electron chi connectivity index (χ0n) is 16.5. The van der Waals surface area contributed by atoms with Gasteiger partial charge in [0.15, 0.2) is 23.0 Å². The van der Waals surface area contributed by atoms with Crippen LogP contribution in [0.2, 0.25) is 0 Å². The lowest BCUT2D eigenvalue weighted by atomic mass is 10.1. The lowest BCUT2D eigenvalue weighted by molar-refractivity contribution is -0.126. The molecule has 152 valence electrons. The molecule has 7 nitrogen and oxygen atoms in total. The van der Waals surface area contributed by atoms with Crippen molar-refractivity contribution in [2.45, 2.75) is 13.5 Å². The minimum atomic E-state index is -0.0842. The van der Waals surface area contributed by atoms with Gasteiger partial charge in [0.1, 0.15) is 13.2 Å². The molecule has 29 heavy (non-hydrogen) atoms. The molecule has 4 rings (SSSR count). The lowest BCUT2D eigenvalue weighted by Gasteiger charge is -2.21. The van der Waals surface area contributed by atoms with Crippen LogP contribution in [0.4, 0.5) is 0 Å². The molecular formula is C22H23NO6. The van der Waals surface area contributed by atoms with Crippen molar-refractivity contribution in [3.8, 4) is 28.7 Å². The van der Waals surface area contributed by atoms with Gasteiger partial charge in [-0.3, -0.25) is 4.79 Å². The van der Waals surface area contributed by atoms with Crippen molar-refractivity contribution in [3.05, 3.63) is 47.5 Å². The molecule has 2 aromatic rings. The van der Waals surface area contributed by atoms with Crippen LogP contribution in [0.5, 0.6) is 28.7 Å². The van der Waals surface area contributed by atoms with E-state index in [1.165, 1.54) is 0 Å². The Bertz CT molecular complexity index is 922. The number of carbonyl (C=O) groups excluding carboxylic acids is 1. The number of hydrogen-bond donors (Lipinski definition) is 0. The van der Waals surface area contributed by atoms with E-state index in [1.54, 1.807) is 24.2 Å². The highest BCUT2D eigenvalue weighted by atomic mass is 16.7. The van der Waals surface area contributed by atoms with E-state index in [0.717, 1.165) is 16.9 Å². The summed E-state index contributed by atoms with van der Waals surface area (Å²) in [7, 11) is 1.58. The monoisotopic (exact) mass is 397 g/mol. The molecule has 7 heteroatoms. The van der Waals surface area contributed by atoms with Crippen LogP contribution in [0.25, 0.3) is 6.08 Å². The molecule has 0 saturated heterocycles. The third-order valence-corrected chi connectivity index (χ3v) is 4.77. The number of methoxy groups -OCH3 is 1. The summed E-state index contributed by atoms with van der Waals surface area (Å²) in [5, 5.41) is 0. The minimum Gasteiger partial charge on any atom is -0.493 e. The van der Waals surface area contributed by atoms with Gasteiger partial charge in [-0.05, 0) is 48.4 Å². The van der Waals surface area contributed by atoms with E-state index in [4.69, 9.17) is 23.7 Å². The molecule has 2 aliphatic heterocycles. The summed E-state index contributed by atoms with van der Waals surface area (Å²) in [6.07, 6.45) is 3.31. The Kier molecular flexibility index (Phi) is 5.46. The predicted molar refractivity (Wildman–Crippen MR) is 107 cm³/mol. The first-order valence-corrected chi connectivity index (χ1v) is 9.51. The third kappa shape index (κ3) is 4.08. The molecule has 0 radical (unpaired) electrons. The summed E-state index contributed by atoms with van der Waals surface area (Å²) in [4.78, 5) is 14.5. The molecule has 2 heterocycles. The van der Waals surface area contributed by atoms with Gasteiger partial charge in [-0.2, -0.15) is 0 Å². The van der Waals surface area contributed by atoms with E-state index in [-0.39, 0.29) is 12.7 Å². The standard InChI is InChI=1S/C22H23NO6/c1-3-23(13-16-4-6-17-18(12-16)29-14-28-17)21(24)7-5-15-10-19(25-2)22-20(11-15)26-8-9-27-22/h4-7,10-12H,3,8-9,13-14H2,1-2H3/b7-5+. The highest BCUT2D eigenvalue weighted by Crippen LogP contribution is 2.40. The van der Waals surface area contributed by atoms with Crippen molar-refractivity contribution >= 4 is 12.0 Å². The average Bonchev–Trinajstić information content (AvgIpc) is 3.23. The molecule has 0 bridgehead atoms. The average molecular weight is 397 g/mol. The van der Waals surface area contributed by atoms with Crippen LogP contribution in [0.15, 0.2) is 36.4 Å². The van der Waals surface area contributed by atoms with Crippen molar-refractivity contribution in [3.63, 3.8) is 0 Å². The Labute approximate surface area is 169 Å². The second kappa shape index (κ2) is 8.34. The first kappa shape index (κ1) is 19.0. The number of likely N-dealkylation sites (N-methyl/N-ethyl adjacent to an activating group) is 1. The van der Waals surface area contributed by atoms with E-state index in [9.17, 15) is 4.79 Å². The van der Waals surface area contributed by atoms with E-state index in [0.29, 0.717) is 49.3 Å². The zero-order chi connectivity index (χ0) is 20.2. The van der Waals surface area contributed by atoms with Gasteiger partial charge in [0.2, 0.25) is 18.4 Å². The fourth-order valence-electron chi connectivity index (χ4n) is 3.27. The summed E-state index contributed by atoms with van der Waals surface area (Å²) in [6, 6.07) is 9.39. The highest BCUT2D eigenvalue weighted by Gasteiger charge is 2.18. The number of ether oxygens (including phenoxy) is 5. The Balaban J connectivity index is 1.48. The van der Waals surface area contributed by atoms with Crippen molar-refractivity contribution in [1.29, 1.82) is 0 Å². The summed E-state index contributed by atoms with van der Waals surface area (Å²) in [6.45, 7) is 4.23. The van der Waals surface area contributed by atoms with Crippen molar-refractivity contribution < 1.29 is 28.5 Å². The second-order valence-corrected chi connectivity index (χ2v) is 6.62. The Morgan fingerprint density at radius 1 is 1.07 bits per heavy atom. The second-order valence-electron chi connectivity index (χ2n) is 6.62. The fourth-order valence-corrected chi connectivity index (χ4v) is 3.27. The van der Waals surface area contributed by atoms with Gasteiger partial charge in [-0.25, -0.2) is 0 Å². The maximum absolute atomic E-state index is 12.7. The Morgan fingerprint density at radius 2 is 1.90 bits per heavy atom. The maximum Gasteiger partial charge on any atom is 0.246 e. The third-order valence-electron chi connectivity index (χ3n) is 4.77. The lowest BCUT2D eigenvalue weighted by Crippen LogP contribution is -2.28. The van der Waals surface area contributed by atoms with Crippen LogP contribution in [-0.4, -0.2) is 44.5 Å². The maximum atomic E-state index is 12.7.